The SMILES string of the molecule is Cc1ccc(C(C)(C)CNCC2(N)CC2)c(C)c1C. The average Bonchev–Trinajstić information content (AvgIpc) is 3.03. The minimum atomic E-state index is 0.0916. The molecule has 2 heteroatoms. The lowest BCUT2D eigenvalue weighted by molar-refractivity contribution is 0.446. The second-order valence-electron chi connectivity index (χ2n) is 7.03. The van der Waals surface area contributed by atoms with Crippen LogP contribution in [-0.2, 0) is 5.41 Å². The minimum Gasteiger partial charge on any atom is -0.324 e. The summed E-state index contributed by atoms with van der Waals surface area (Å²) in [5, 5.41) is 3.56. The molecule has 1 aliphatic carbocycles. The number of rotatable bonds is 5. The van der Waals surface area contributed by atoms with E-state index in [2.05, 4.69) is 52.1 Å². The quantitative estimate of drug-likeness (QED) is 0.854. The fourth-order valence-corrected chi connectivity index (χ4v) is 2.75. The van der Waals surface area contributed by atoms with Crippen molar-refractivity contribution >= 4 is 0 Å². The van der Waals surface area contributed by atoms with E-state index in [1.54, 1.807) is 0 Å². The van der Waals surface area contributed by atoms with Gasteiger partial charge < -0.3 is 11.1 Å². The van der Waals surface area contributed by atoms with E-state index in [0.717, 1.165) is 13.1 Å². The van der Waals surface area contributed by atoms with Gasteiger partial charge in [-0.1, -0.05) is 26.0 Å². The zero-order chi connectivity index (χ0) is 14.3. The maximum Gasteiger partial charge on any atom is 0.0282 e. The largest absolute Gasteiger partial charge is 0.324 e. The van der Waals surface area contributed by atoms with E-state index in [-0.39, 0.29) is 11.0 Å². The molecule has 0 amide bonds. The van der Waals surface area contributed by atoms with Gasteiger partial charge in [0, 0.05) is 24.0 Å². The molecule has 0 aliphatic heterocycles. The molecule has 3 N–H and O–H groups in total. The lowest BCUT2D eigenvalue weighted by Crippen LogP contribution is -2.41. The smallest absolute Gasteiger partial charge is 0.0282 e. The van der Waals surface area contributed by atoms with Gasteiger partial charge in [-0.25, -0.2) is 0 Å². The van der Waals surface area contributed by atoms with Crippen molar-refractivity contribution in [3.63, 3.8) is 0 Å². The molecule has 1 saturated carbocycles. The third-order valence-electron chi connectivity index (χ3n) is 4.72. The lowest BCUT2D eigenvalue weighted by atomic mass is 9.80. The highest BCUT2D eigenvalue weighted by Gasteiger charge is 2.38. The molecule has 106 valence electrons. The van der Waals surface area contributed by atoms with Crippen LogP contribution in [0.1, 0.15) is 48.9 Å². The molecule has 2 rings (SSSR count). The van der Waals surface area contributed by atoms with Gasteiger partial charge >= 0.3 is 0 Å². The van der Waals surface area contributed by atoms with Crippen LogP contribution in [0.25, 0.3) is 0 Å². The van der Waals surface area contributed by atoms with Crippen LogP contribution in [0.15, 0.2) is 12.1 Å². The Morgan fingerprint density at radius 2 is 1.79 bits per heavy atom. The summed E-state index contributed by atoms with van der Waals surface area (Å²) in [6.45, 7) is 13.2. The third-order valence-corrected chi connectivity index (χ3v) is 4.72. The first-order valence-corrected chi connectivity index (χ1v) is 7.32. The monoisotopic (exact) mass is 260 g/mol. The number of benzene rings is 1. The summed E-state index contributed by atoms with van der Waals surface area (Å²) in [7, 11) is 0. The number of hydrogen-bond acceptors (Lipinski definition) is 2. The standard InChI is InChI=1S/C17H28N2/c1-12-6-7-15(14(3)13(12)2)16(4,5)10-19-11-17(18)8-9-17/h6-7,19H,8-11,18H2,1-5H3. The maximum atomic E-state index is 6.13. The fourth-order valence-electron chi connectivity index (χ4n) is 2.75. The summed E-state index contributed by atoms with van der Waals surface area (Å²) in [4.78, 5) is 0. The Balaban J connectivity index is 2.07. The predicted molar refractivity (Wildman–Crippen MR) is 82.7 cm³/mol. The van der Waals surface area contributed by atoms with Gasteiger partial charge in [-0.3, -0.25) is 0 Å². The Bertz CT molecular complexity index is 470. The number of aryl methyl sites for hydroxylation is 1. The van der Waals surface area contributed by atoms with E-state index in [9.17, 15) is 0 Å². The summed E-state index contributed by atoms with van der Waals surface area (Å²) in [6.07, 6.45) is 2.34. The van der Waals surface area contributed by atoms with Crippen molar-refractivity contribution < 1.29 is 0 Å². The molecule has 2 nitrogen and oxygen atoms in total. The molecule has 0 spiro atoms. The van der Waals surface area contributed by atoms with Crippen LogP contribution >= 0.6 is 0 Å². The summed E-state index contributed by atoms with van der Waals surface area (Å²) < 4.78 is 0. The Hall–Kier alpha value is -0.860. The summed E-state index contributed by atoms with van der Waals surface area (Å²) >= 11 is 0. The second kappa shape index (κ2) is 4.92. The van der Waals surface area contributed by atoms with Gasteiger partial charge in [0.25, 0.3) is 0 Å². The van der Waals surface area contributed by atoms with Gasteiger partial charge in [0.05, 0.1) is 0 Å². The Morgan fingerprint density at radius 3 is 2.37 bits per heavy atom. The van der Waals surface area contributed by atoms with Gasteiger partial charge in [0.1, 0.15) is 0 Å². The van der Waals surface area contributed by atoms with E-state index in [1.165, 1.54) is 35.1 Å². The number of nitrogens with two attached hydrogens (primary N) is 1. The van der Waals surface area contributed by atoms with Crippen molar-refractivity contribution in [1.82, 2.24) is 5.32 Å². The highest BCUT2D eigenvalue weighted by atomic mass is 15.0. The average molecular weight is 260 g/mol. The summed E-state index contributed by atoms with van der Waals surface area (Å²) in [6, 6.07) is 4.53. The van der Waals surface area contributed by atoms with Crippen molar-refractivity contribution in [2.45, 2.75) is 58.4 Å². The molecular formula is C17H28N2. The molecule has 0 radical (unpaired) electrons. The summed E-state index contributed by atoms with van der Waals surface area (Å²) in [5.74, 6) is 0. The molecule has 19 heavy (non-hydrogen) atoms. The molecule has 1 aromatic rings. The molecule has 1 aliphatic rings. The minimum absolute atomic E-state index is 0.0916. The highest BCUT2D eigenvalue weighted by molar-refractivity contribution is 5.42. The molecule has 0 heterocycles. The first-order chi connectivity index (χ1) is 8.75. The Kier molecular flexibility index (Phi) is 3.76. The topological polar surface area (TPSA) is 38.0 Å². The van der Waals surface area contributed by atoms with Crippen molar-refractivity contribution in [1.29, 1.82) is 0 Å². The normalized spacial score (nSPS) is 17.6. The predicted octanol–water partition coefficient (Wildman–Crippen LogP) is 2.97. The maximum absolute atomic E-state index is 6.13. The van der Waals surface area contributed by atoms with E-state index >= 15 is 0 Å². The van der Waals surface area contributed by atoms with Crippen LogP contribution in [-0.4, -0.2) is 18.6 Å². The highest BCUT2D eigenvalue weighted by Crippen LogP contribution is 2.32. The van der Waals surface area contributed by atoms with Gasteiger partial charge in [-0.15, -0.1) is 0 Å². The van der Waals surface area contributed by atoms with E-state index < -0.39 is 0 Å². The fraction of sp³-hybridized carbons (Fsp3) is 0.647. The zero-order valence-electron chi connectivity index (χ0n) is 13.1. The second-order valence-corrected chi connectivity index (χ2v) is 7.03. The van der Waals surface area contributed by atoms with E-state index in [4.69, 9.17) is 5.73 Å². The van der Waals surface area contributed by atoms with Crippen LogP contribution < -0.4 is 11.1 Å². The molecule has 0 atom stereocenters. The van der Waals surface area contributed by atoms with Gasteiger partial charge in [0.15, 0.2) is 0 Å². The van der Waals surface area contributed by atoms with Gasteiger partial charge in [-0.2, -0.15) is 0 Å². The molecule has 1 aromatic carbocycles. The van der Waals surface area contributed by atoms with Crippen molar-refractivity contribution in [2.75, 3.05) is 13.1 Å². The first kappa shape index (κ1) is 14.5. The number of nitrogens with one attached hydrogen (secondary N) is 1. The zero-order valence-corrected chi connectivity index (χ0v) is 13.1. The molecule has 1 fully saturated rings. The van der Waals surface area contributed by atoms with Crippen LogP contribution in [0, 0.1) is 20.8 Å². The molecule has 0 saturated heterocycles. The van der Waals surface area contributed by atoms with Crippen LogP contribution in [0.5, 0.6) is 0 Å². The van der Waals surface area contributed by atoms with Crippen molar-refractivity contribution in [3.8, 4) is 0 Å². The first-order valence-electron chi connectivity index (χ1n) is 7.32. The third kappa shape index (κ3) is 3.18. The van der Waals surface area contributed by atoms with Crippen molar-refractivity contribution in [2.24, 2.45) is 5.73 Å². The van der Waals surface area contributed by atoms with E-state index in [0.29, 0.717) is 0 Å². The summed E-state index contributed by atoms with van der Waals surface area (Å²) in [5.41, 5.74) is 12.0. The van der Waals surface area contributed by atoms with E-state index in [1.807, 2.05) is 0 Å². The van der Waals surface area contributed by atoms with Crippen LogP contribution in [0.3, 0.4) is 0 Å². The lowest BCUT2D eigenvalue weighted by Gasteiger charge is -2.29. The molecular weight excluding hydrogens is 232 g/mol. The van der Waals surface area contributed by atoms with Gasteiger partial charge in [-0.05, 0) is 55.9 Å². The van der Waals surface area contributed by atoms with Crippen molar-refractivity contribution in [3.05, 3.63) is 34.4 Å². The number of hydrogen-bond donors (Lipinski definition) is 2. The molecule has 0 aromatic heterocycles. The molecule has 0 unspecified atom stereocenters. The van der Waals surface area contributed by atoms with Crippen LogP contribution in [0.2, 0.25) is 0 Å². The Morgan fingerprint density at radius 1 is 1.16 bits per heavy atom. The molecule has 0 bridgehead atoms. The van der Waals surface area contributed by atoms with Crippen LogP contribution in [0.4, 0.5) is 0 Å². The Labute approximate surface area is 117 Å². The van der Waals surface area contributed by atoms with Gasteiger partial charge in [0.2, 0.25) is 0 Å².